The molecule has 0 heteroatoms. The van der Waals surface area contributed by atoms with E-state index in [-0.39, 0.29) is 10.8 Å². The Kier molecular flexibility index (Phi) is 12.1. The Morgan fingerprint density at radius 3 is 0.603 bits per heavy atom. The van der Waals surface area contributed by atoms with E-state index < -0.39 is 0 Å². The molecule has 0 unspecified atom stereocenters. The van der Waals surface area contributed by atoms with E-state index in [0.717, 1.165) is 0 Å². The molecule has 0 heterocycles. The summed E-state index contributed by atoms with van der Waals surface area (Å²) in [5, 5.41) is 48.3. The summed E-state index contributed by atoms with van der Waals surface area (Å²) in [6, 6.07) is 126. The monoisotopic (exact) mass is 1460 g/mol. The molecular formula is C116H72. The van der Waals surface area contributed by atoms with Crippen molar-refractivity contribution in [3.63, 3.8) is 0 Å². The molecule has 0 aliphatic heterocycles. The Hall–Kier alpha value is -14.0. The van der Waals surface area contributed by atoms with Crippen molar-refractivity contribution in [1.82, 2.24) is 0 Å². The largest absolute Gasteiger partial charge is 0.0616 e. The van der Waals surface area contributed by atoms with Gasteiger partial charge in [-0.3, -0.25) is 0 Å². The molecule has 0 bridgehead atoms. The highest BCUT2D eigenvalue weighted by molar-refractivity contribution is 6.41. The van der Waals surface area contributed by atoms with Gasteiger partial charge in [0.05, 0.1) is 0 Å². The van der Waals surface area contributed by atoms with Gasteiger partial charge in [-0.05, 0) is 329 Å². The fourth-order valence-corrected chi connectivity index (χ4v) is 23.1. The molecule has 0 saturated heterocycles. The minimum atomic E-state index is 0.0570. The van der Waals surface area contributed by atoms with Gasteiger partial charge in [-0.15, -0.1) is 0 Å². The quantitative estimate of drug-likeness (QED) is 0.154. The highest BCUT2D eigenvalue weighted by atomic mass is 14.4. The van der Waals surface area contributed by atoms with E-state index in [9.17, 15) is 0 Å². The zero-order valence-electron chi connectivity index (χ0n) is 65.2. The van der Waals surface area contributed by atoms with Crippen molar-refractivity contribution in [2.75, 3.05) is 0 Å². The van der Waals surface area contributed by atoms with Gasteiger partial charge in [-0.25, -0.2) is 0 Å². The zero-order chi connectivity index (χ0) is 76.4. The number of rotatable bonds is 4. The van der Waals surface area contributed by atoms with E-state index in [1.54, 1.807) is 0 Å². The highest BCUT2D eigenvalue weighted by Gasteiger charge is 2.32. The molecule has 0 spiro atoms. The molecular weight excluding hydrogens is 1390 g/mol. The predicted molar refractivity (Wildman–Crippen MR) is 503 cm³/mol. The van der Waals surface area contributed by atoms with Crippen LogP contribution in [0.5, 0.6) is 0 Å². The maximum atomic E-state index is 2.51. The number of hydrogen-bond acceptors (Lipinski definition) is 0. The van der Waals surface area contributed by atoms with Gasteiger partial charge in [0.15, 0.2) is 0 Å². The smallest absolute Gasteiger partial charge is 0.00139 e. The van der Waals surface area contributed by atoms with Gasteiger partial charge in [0.1, 0.15) is 0 Å². The molecule has 28 rings (SSSR count). The van der Waals surface area contributed by atoms with Crippen molar-refractivity contribution in [3.8, 4) is 89.0 Å². The van der Waals surface area contributed by atoms with Crippen molar-refractivity contribution < 1.29 is 0 Å². The van der Waals surface area contributed by atoms with Crippen molar-refractivity contribution in [2.45, 2.75) is 52.4 Å². The van der Waals surface area contributed by atoms with Crippen LogP contribution in [0.2, 0.25) is 0 Å². The first-order valence-corrected chi connectivity index (χ1v) is 41.4. The molecule has 0 atom stereocenters. The number of hydrogen-bond donors (Lipinski definition) is 0. The standard InChI is InChI=1S/C62H44.C54H28/c1-61(2,3)53-29-27-45-43-25-23-39(41-19-15-33-17-21-47(53)59(45)55(33)57(41)43)49-31-51-38-14-10-8-12-36(38)50(32-52(51)37-13-9-7-11-35(37)49)40-24-26-44-46-28-30-54(62(4,5)6)48-22-18-34-16-20-42(40)58(44)56(34)60(46)48;1-3-11-35-33(9-1)45(37-23-25-43-39-13-5-7-29-15-17-31-19-21-41(37)53(43)51(31)49(29)39)27-48-36-12-4-2-10-34(36)46(28-47(35)48)38-24-26-44-40-14-6-8-30-16-18-32-20-22-42(38)54(44)52(32)50(30)40/h7-32H,1-6H3;1-28H. The van der Waals surface area contributed by atoms with Crippen LogP contribution in [0.15, 0.2) is 328 Å². The third-order valence-corrected chi connectivity index (χ3v) is 28.0. The summed E-state index contributed by atoms with van der Waals surface area (Å²) in [6.45, 7) is 14.0. The second kappa shape index (κ2) is 22.0. The molecule has 24 aromatic carbocycles. The first-order valence-electron chi connectivity index (χ1n) is 41.4. The van der Waals surface area contributed by atoms with Gasteiger partial charge >= 0.3 is 0 Å². The second-order valence-corrected chi connectivity index (χ2v) is 35.8. The SMILES string of the molecule is CC(C)(C)c1ccc2c3c1ccc1ccc4c(-c5cc6c7ccccc7c(-c7ccc8c9c7ccc7ccc%10c(C(C)(C)C)ccc-8c%10c79)cc6c6ccccc56)ccc-2c4c13.c1cc2c3c(c1)ccc1ccc4c(-c5cc6c7ccccc7c(-c7ccc8c9c7ccc7ccc%10cccc-8c%10c79)cc6c6ccccc56)ccc-2c4c13. The lowest BCUT2D eigenvalue weighted by atomic mass is 9.82. The number of fused-ring (bicyclic) bond motifs is 14. The van der Waals surface area contributed by atoms with Crippen molar-refractivity contribution in [2.24, 2.45) is 0 Å². The third-order valence-electron chi connectivity index (χ3n) is 28.0. The van der Waals surface area contributed by atoms with Gasteiger partial charge in [0.2, 0.25) is 0 Å². The van der Waals surface area contributed by atoms with Gasteiger partial charge in [0, 0.05) is 0 Å². The lowest BCUT2D eigenvalue weighted by Crippen LogP contribution is -2.11. The van der Waals surface area contributed by atoms with Crippen LogP contribution in [0.1, 0.15) is 52.7 Å². The summed E-state index contributed by atoms with van der Waals surface area (Å²) in [7, 11) is 0. The second-order valence-electron chi connectivity index (χ2n) is 35.8. The molecule has 24 aromatic rings. The predicted octanol–water partition coefficient (Wildman–Crippen LogP) is 33.3. The molecule has 4 aliphatic rings. The van der Waals surface area contributed by atoms with Crippen LogP contribution in [-0.2, 0) is 10.8 Å². The lowest BCUT2D eigenvalue weighted by Gasteiger charge is -2.22. The van der Waals surface area contributed by atoms with Crippen molar-refractivity contribution in [3.05, 3.63) is 339 Å². The molecule has 536 valence electrons. The van der Waals surface area contributed by atoms with Crippen LogP contribution in [0.3, 0.4) is 0 Å². The third kappa shape index (κ3) is 8.09. The molecule has 0 N–H and O–H groups in total. The molecule has 0 aromatic heterocycles. The van der Waals surface area contributed by atoms with E-state index in [4.69, 9.17) is 0 Å². The fourth-order valence-electron chi connectivity index (χ4n) is 23.1. The molecule has 0 radical (unpaired) electrons. The normalized spacial score (nSPS) is 13.1. The summed E-state index contributed by atoms with van der Waals surface area (Å²) in [4.78, 5) is 0. The van der Waals surface area contributed by atoms with Gasteiger partial charge in [-0.2, -0.15) is 0 Å². The first kappa shape index (κ1) is 63.5. The Morgan fingerprint density at radius 1 is 0.121 bits per heavy atom. The molecule has 0 nitrogen and oxygen atoms in total. The van der Waals surface area contributed by atoms with Gasteiger partial charge in [0.25, 0.3) is 0 Å². The van der Waals surface area contributed by atoms with Crippen LogP contribution in [0, 0.1) is 0 Å². The summed E-state index contributed by atoms with van der Waals surface area (Å²) in [5.74, 6) is 0. The van der Waals surface area contributed by atoms with Gasteiger partial charge in [-0.1, -0.05) is 345 Å². The lowest BCUT2D eigenvalue weighted by molar-refractivity contribution is 0.596. The van der Waals surface area contributed by atoms with Crippen LogP contribution in [0.25, 0.3) is 283 Å². The summed E-state index contributed by atoms with van der Waals surface area (Å²) in [6.07, 6.45) is 0. The minimum absolute atomic E-state index is 0.0570. The zero-order valence-corrected chi connectivity index (χ0v) is 65.2. The molecule has 4 aliphatic carbocycles. The Labute approximate surface area is 669 Å². The maximum Gasteiger partial charge on any atom is -0.00139 e. The fraction of sp³-hybridized carbons (Fsp3) is 0.0690. The Bertz CT molecular complexity index is 8370. The van der Waals surface area contributed by atoms with E-state index in [2.05, 4.69) is 369 Å². The summed E-state index contributed by atoms with van der Waals surface area (Å²) < 4.78 is 0. The van der Waals surface area contributed by atoms with E-state index in [0.29, 0.717) is 0 Å². The van der Waals surface area contributed by atoms with E-state index in [1.807, 2.05) is 0 Å². The minimum Gasteiger partial charge on any atom is -0.0616 e. The average Bonchev–Trinajstić information content (AvgIpc) is 1.52. The number of benzene rings is 24. The highest BCUT2D eigenvalue weighted by Crippen LogP contribution is 2.58. The molecule has 116 heavy (non-hydrogen) atoms. The van der Waals surface area contributed by atoms with Crippen LogP contribution in [0.4, 0.5) is 0 Å². The Morgan fingerprint density at radius 2 is 0.328 bits per heavy atom. The van der Waals surface area contributed by atoms with Crippen LogP contribution >= 0.6 is 0 Å². The van der Waals surface area contributed by atoms with Crippen molar-refractivity contribution >= 4 is 194 Å². The average molecular weight is 1470 g/mol. The molecule has 0 fully saturated rings. The van der Waals surface area contributed by atoms with Crippen LogP contribution in [-0.4, -0.2) is 0 Å². The van der Waals surface area contributed by atoms with E-state index in [1.165, 1.54) is 294 Å². The van der Waals surface area contributed by atoms with Crippen molar-refractivity contribution in [1.29, 1.82) is 0 Å². The summed E-state index contributed by atoms with van der Waals surface area (Å²) >= 11 is 0. The van der Waals surface area contributed by atoms with Crippen LogP contribution < -0.4 is 0 Å². The topological polar surface area (TPSA) is 0 Å². The summed E-state index contributed by atoms with van der Waals surface area (Å²) in [5.41, 5.74) is 24.2. The maximum absolute atomic E-state index is 2.51. The molecule has 0 saturated carbocycles. The Balaban J connectivity index is 0.000000125. The molecule has 0 amide bonds. The van der Waals surface area contributed by atoms with E-state index >= 15 is 0 Å². The first-order chi connectivity index (χ1) is 56.8. The van der Waals surface area contributed by atoms with Gasteiger partial charge < -0.3 is 0 Å².